The Hall–Kier alpha value is -0.380. The number of nitrogens with one attached hydrogen (secondary N) is 1. The second-order valence-electron chi connectivity index (χ2n) is 3.61. The van der Waals surface area contributed by atoms with E-state index < -0.39 is 0 Å². The summed E-state index contributed by atoms with van der Waals surface area (Å²) in [6, 6.07) is 0.500. The molecule has 1 atom stereocenters. The molecule has 0 radical (unpaired) electrons. The van der Waals surface area contributed by atoms with Crippen LogP contribution in [0.1, 0.15) is 26.7 Å². The molecule has 4 heteroatoms. The van der Waals surface area contributed by atoms with Gasteiger partial charge in [-0.1, -0.05) is 6.92 Å². The second kappa shape index (κ2) is 6.17. The maximum Gasteiger partial charge on any atom is 0.317 e. The molecule has 1 aliphatic rings. The fourth-order valence-corrected chi connectivity index (χ4v) is 2.42. The van der Waals surface area contributed by atoms with Gasteiger partial charge in [-0.3, -0.25) is 0 Å². The summed E-state index contributed by atoms with van der Waals surface area (Å²) >= 11 is 1.94. The Bertz CT molecular complexity index is 187. The molecule has 0 aliphatic carbocycles. The molecule has 82 valence electrons. The Balaban J connectivity index is 2.27. The number of rotatable bonds is 5. The van der Waals surface area contributed by atoms with Crippen LogP contribution in [0.25, 0.3) is 0 Å². The first kappa shape index (κ1) is 11.7. The normalized spacial score (nSPS) is 19.3. The highest BCUT2D eigenvalue weighted by atomic mass is 32.2. The summed E-state index contributed by atoms with van der Waals surface area (Å²) in [5.41, 5.74) is 0. The van der Waals surface area contributed by atoms with Crippen LogP contribution in [0.5, 0.6) is 0 Å². The molecule has 1 N–H and O–H groups in total. The summed E-state index contributed by atoms with van der Waals surface area (Å²) in [5, 5.41) is 2.88. The van der Waals surface area contributed by atoms with Crippen LogP contribution in [-0.4, -0.2) is 41.6 Å². The average molecular weight is 216 g/mol. The highest BCUT2D eigenvalue weighted by molar-refractivity contribution is 7.99. The fraction of sp³-hybridized carbons (Fsp3) is 0.900. The predicted molar refractivity (Wildman–Crippen MR) is 61.8 cm³/mol. The molecule has 1 aliphatic heterocycles. The van der Waals surface area contributed by atoms with E-state index in [2.05, 4.69) is 19.2 Å². The molecule has 3 nitrogen and oxygen atoms in total. The van der Waals surface area contributed by atoms with Gasteiger partial charge in [0.1, 0.15) is 0 Å². The number of carbonyl (C=O) groups excluding carboxylic acids is 1. The Labute approximate surface area is 90.6 Å². The lowest BCUT2D eigenvalue weighted by Crippen LogP contribution is -2.50. The number of carbonyl (C=O) groups is 1. The molecule has 2 amide bonds. The second-order valence-corrected chi connectivity index (χ2v) is 5.01. The summed E-state index contributed by atoms with van der Waals surface area (Å²) in [6.07, 6.45) is 2.18. The SMILES string of the molecule is CCSCCC(C)N1CCCNC1=O. The average Bonchev–Trinajstić information content (AvgIpc) is 2.18. The zero-order chi connectivity index (χ0) is 10.4. The summed E-state index contributed by atoms with van der Waals surface area (Å²) in [7, 11) is 0. The van der Waals surface area contributed by atoms with E-state index in [1.165, 1.54) is 5.75 Å². The molecule has 1 unspecified atom stereocenters. The van der Waals surface area contributed by atoms with Crippen LogP contribution >= 0.6 is 11.8 Å². The maximum absolute atomic E-state index is 11.5. The first-order chi connectivity index (χ1) is 6.75. The van der Waals surface area contributed by atoms with Crippen LogP contribution in [-0.2, 0) is 0 Å². The van der Waals surface area contributed by atoms with Gasteiger partial charge in [0.05, 0.1) is 0 Å². The van der Waals surface area contributed by atoms with Crippen molar-refractivity contribution in [3.63, 3.8) is 0 Å². The van der Waals surface area contributed by atoms with Gasteiger partial charge in [0.15, 0.2) is 0 Å². The van der Waals surface area contributed by atoms with Crippen LogP contribution in [0, 0.1) is 0 Å². The highest BCUT2D eigenvalue weighted by Gasteiger charge is 2.21. The van der Waals surface area contributed by atoms with Crippen LogP contribution in [0.2, 0.25) is 0 Å². The molecule has 1 rings (SSSR count). The number of hydrogen-bond acceptors (Lipinski definition) is 2. The third kappa shape index (κ3) is 3.40. The van der Waals surface area contributed by atoms with Gasteiger partial charge in [0, 0.05) is 19.1 Å². The summed E-state index contributed by atoms with van der Waals surface area (Å²) < 4.78 is 0. The van der Waals surface area contributed by atoms with Crippen molar-refractivity contribution in [2.24, 2.45) is 0 Å². The van der Waals surface area contributed by atoms with E-state index in [0.717, 1.165) is 31.7 Å². The minimum atomic E-state index is 0.116. The lowest BCUT2D eigenvalue weighted by atomic mass is 10.2. The van der Waals surface area contributed by atoms with Gasteiger partial charge in [-0.05, 0) is 31.3 Å². The number of urea groups is 1. The third-order valence-corrected chi connectivity index (χ3v) is 3.46. The number of thioether (sulfide) groups is 1. The Morgan fingerprint density at radius 1 is 1.64 bits per heavy atom. The maximum atomic E-state index is 11.5. The van der Waals surface area contributed by atoms with Crippen molar-refractivity contribution in [3.8, 4) is 0 Å². The van der Waals surface area contributed by atoms with Crippen LogP contribution in [0.3, 0.4) is 0 Å². The van der Waals surface area contributed by atoms with Crippen molar-refractivity contribution < 1.29 is 4.79 Å². The van der Waals surface area contributed by atoms with Crippen molar-refractivity contribution in [3.05, 3.63) is 0 Å². The predicted octanol–water partition coefficient (Wildman–Crippen LogP) is 1.93. The molecule has 14 heavy (non-hydrogen) atoms. The molecule has 0 aromatic carbocycles. The first-order valence-corrected chi connectivity index (χ1v) is 6.53. The number of amides is 2. The van der Waals surface area contributed by atoms with Crippen molar-refractivity contribution >= 4 is 17.8 Å². The molecular weight excluding hydrogens is 196 g/mol. The fourth-order valence-electron chi connectivity index (χ4n) is 1.62. The topological polar surface area (TPSA) is 32.3 Å². The molecule has 0 aromatic rings. The number of hydrogen-bond donors (Lipinski definition) is 1. The quantitative estimate of drug-likeness (QED) is 0.712. The lowest BCUT2D eigenvalue weighted by molar-refractivity contribution is 0.164. The minimum absolute atomic E-state index is 0.116. The van der Waals surface area contributed by atoms with Crippen LogP contribution in [0.4, 0.5) is 4.79 Å². The van der Waals surface area contributed by atoms with Gasteiger partial charge >= 0.3 is 6.03 Å². The van der Waals surface area contributed by atoms with Gasteiger partial charge in [-0.2, -0.15) is 11.8 Å². The monoisotopic (exact) mass is 216 g/mol. The van der Waals surface area contributed by atoms with E-state index in [4.69, 9.17) is 0 Å². The van der Waals surface area contributed by atoms with E-state index >= 15 is 0 Å². The largest absolute Gasteiger partial charge is 0.338 e. The van der Waals surface area contributed by atoms with Gasteiger partial charge in [-0.25, -0.2) is 4.79 Å². The van der Waals surface area contributed by atoms with Crippen LogP contribution in [0.15, 0.2) is 0 Å². The van der Waals surface area contributed by atoms with Crippen LogP contribution < -0.4 is 5.32 Å². The smallest absolute Gasteiger partial charge is 0.317 e. The molecule has 0 spiro atoms. The Kier molecular flexibility index (Phi) is 5.15. The molecular formula is C10H20N2OS. The summed E-state index contributed by atoms with van der Waals surface area (Å²) in [5.74, 6) is 2.32. The molecule has 0 aromatic heterocycles. The van der Waals surface area contributed by atoms with Gasteiger partial charge in [0.2, 0.25) is 0 Å². The zero-order valence-corrected chi connectivity index (χ0v) is 9.90. The zero-order valence-electron chi connectivity index (χ0n) is 9.08. The highest BCUT2D eigenvalue weighted by Crippen LogP contribution is 2.11. The van der Waals surface area contributed by atoms with E-state index in [1.54, 1.807) is 0 Å². The van der Waals surface area contributed by atoms with E-state index in [-0.39, 0.29) is 6.03 Å². The van der Waals surface area contributed by atoms with E-state index in [0.29, 0.717) is 6.04 Å². The summed E-state index contributed by atoms with van der Waals surface area (Å²) in [6.45, 7) is 6.07. The molecule has 1 heterocycles. The molecule has 0 saturated carbocycles. The van der Waals surface area contributed by atoms with E-state index in [9.17, 15) is 4.79 Å². The van der Waals surface area contributed by atoms with Gasteiger partial charge < -0.3 is 10.2 Å². The van der Waals surface area contributed by atoms with Crippen molar-refractivity contribution in [1.29, 1.82) is 0 Å². The lowest BCUT2D eigenvalue weighted by Gasteiger charge is -2.32. The van der Waals surface area contributed by atoms with Crippen molar-refractivity contribution in [2.75, 3.05) is 24.6 Å². The third-order valence-electron chi connectivity index (χ3n) is 2.53. The molecule has 1 fully saturated rings. The van der Waals surface area contributed by atoms with E-state index in [1.807, 2.05) is 16.7 Å². The Morgan fingerprint density at radius 2 is 2.43 bits per heavy atom. The van der Waals surface area contributed by atoms with Crippen molar-refractivity contribution in [1.82, 2.24) is 10.2 Å². The first-order valence-electron chi connectivity index (χ1n) is 5.38. The van der Waals surface area contributed by atoms with Gasteiger partial charge in [0.25, 0.3) is 0 Å². The number of nitrogens with zero attached hydrogens (tertiary/aromatic N) is 1. The minimum Gasteiger partial charge on any atom is -0.338 e. The van der Waals surface area contributed by atoms with Gasteiger partial charge in [-0.15, -0.1) is 0 Å². The Morgan fingerprint density at radius 3 is 3.07 bits per heavy atom. The van der Waals surface area contributed by atoms with Crippen molar-refractivity contribution in [2.45, 2.75) is 32.7 Å². The standard InChI is InChI=1S/C10H20N2OS/c1-3-14-8-5-9(2)12-7-4-6-11-10(12)13/h9H,3-8H2,1-2H3,(H,11,13). The molecule has 0 bridgehead atoms. The summed E-state index contributed by atoms with van der Waals surface area (Å²) in [4.78, 5) is 13.4. The molecule has 1 saturated heterocycles.